The molecule has 66 valence electrons. The summed E-state index contributed by atoms with van der Waals surface area (Å²) in [6, 6.07) is 0. The smallest absolute Gasteiger partial charge is 0.126 e. The standard InChI is InChI=1S/C8H16FNO/c1-5-3-7(9)8(11)6(5)4-10-2/h5-8,10-11H,3-4H2,1-2H3/t5?,6?,7-,8+/m1/s1. The van der Waals surface area contributed by atoms with Gasteiger partial charge in [-0.25, -0.2) is 4.39 Å². The minimum absolute atomic E-state index is 0.0926. The second kappa shape index (κ2) is 3.50. The van der Waals surface area contributed by atoms with Gasteiger partial charge in [0.1, 0.15) is 6.17 Å². The molecule has 0 aromatic heterocycles. The third-order valence-electron chi connectivity index (χ3n) is 2.58. The average Bonchev–Trinajstić information content (AvgIpc) is 2.17. The van der Waals surface area contributed by atoms with E-state index in [2.05, 4.69) is 5.32 Å². The van der Waals surface area contributed by atoms with Crippen molar-refractivity contribution in [3.63, 3.8) is 0 Å². The molecule has 1 aliphatic carbocycles. The van der Waals surface area contributed by atoms with Crippen molar-refractivity contribution in [2.75, 3.05) is 13.6 Å². The van der Waals surface area contributed by atoms with Crippen molar-refractivity contribution in [1.29, 1.82) is 0 Å². The molecule has 0 bridgehead atoms. The Morgan fingerprint density at radius 1 is 1.64 bits per heavy atom. The number of aliphatic hydroxyl groups excluding tert-OH is 1. The van der Waals surface area contributed by atoms with E-state index in [-0.39, 0.29) is 5.92 Å². The minimum Gasteiger partial charge on any atom is -0.390 e. The molecule has 1 fully saturated rings. The highest BCUT2D eigenvalue weighted by Crippen LogP contribution is 2.33. The molecule has 3 heteroatoms. The Labute approximate surface area is 66.8 Å². The fraction of sp³-hybridized carbons (Fsp3) is 1.00. The van der Waals surface area contributed by atoms with Crippen LogP contribution in [0.1, 0.15) is 13.3 Å². The molecule has 1 aliphatic rings. The molecule has 2 unspecified atom stereocenters. The number of aliphatic hydroxyl groups is 1. The molecule has 4 atom stereocenters. The van der Waals surface area contributed by atoms with Crippen LogP contribution < -0.4 is 5.32 Å². The van der Waals surface area contributed by atoms with Gasteiger partial charge in [0.05, 0.1) is 6.10 Å². The lowest BCUT2D eigenvalue weighted by atomic mass is 9.97. The molecule has 0 amide bonds. The molecule has 2 nitrogen and oxygen atoms in total. The molecular formula is C8H16FNO. The molecule has 1 rings (SSSR count). The van der Waals surface area contributed by atoms with Gasteiger partial charge in [-0.2, -0.15) is 0 Å². The van der Waals surface area contributed by atoms with Crippen LogP contribution in [-0.4, -0.2) is 31.0 Å². The van der Waals surface area contributed by atoms with Crippen LogP contribution in [0.2, 0.25) is 0 Å². The molecule has 0 aromatic rings. The predicted octanol–water partition coefficient (Wildman–Crippen LogP) is 0.561. The van der Waals surface area contributed by atoms with Crippen molar-refractivity contribution in [2.45, 2.75) is 25.6 Å². The van der Waals surface area contributed by atoms with Gasteiger partial charge in [-0.05, 0) is 19.4 Å². The summed E-state index contributed by atoms with van der Waals surface area (Å²) >= 11 is 0. The Bertz CT molecular complexity index is 131. The summed E-state index contributed by atoms with van der Waals surface area (Å²) in [5.41, 5.74) is 0. The van der Waals surface area contributed by atoms with Crippen molar-refractivity contribution >= 4 is 0 Å². The van der Waals surface area contributed by atoms with E-state index in [0.29, 0.717) is 18.9 Å². The van der Waals surface area contributed by atoms with Crippen LogP contribution in [0.3, 0.4) is 0 Å². The van der Waals surface area contributed by atoms with Gasteiger partial charge in [0.15, 0.2) is 0 Å². The number of hydrogen-bond donors (Lipinski definition) is 2. The van der Waals surface area contributed by atoms with Gasteiger partial charge < -0.3 is 10.4 Å². The first-order chi connectivity index (χ1) is 5.16. The molecular weight excluding hydrogens is 145 g/mol. The summed E-state index contributed by atoms with van der Waals surface area (Å²) in [6.07, 6.45) is -1.26. The lowest BCUT2D eigenvalue weighted by Crippen LogP contribution is -2.31. The van der Waals surface area contributed by atoms with Gasteiger partial charge in [0.2, 0.25) is 0 Å². The van der Waals surface area contributed by atoms with Crippen LogP contribution in [0, 0.1) is 11.8 Å². The maximum Gasteiger partial charge on any atom is 0.126 e. The molecule has 0 spiro atoms. The van der Waals surface area contributed by atoms with Gasteiger partial charge in [0.25, 0.3) is 0 Å². The summed E-state index contributed by atoms with van der Waals surface area (Å²) in [7, 11) is 1.82. The maximum atomic E-state index is 12.9. The van der Waals surface area contributed by atoms with Gasteiger partial charge in [0, 0.05) is 12.5 Å². The summed E-state index contributed by atoms with van der Waals surface area (Å²) in [6.45, 7) is 2.70. The lowest BCUT2D eigenvalue weighted by molar-refractivity contribution is 0.0655. The quantitative estimate of drug-likeness (QED) is 0.620. The number of halogens is 1. The lowest BCUT2D eigenvalue weighted by Gasteiger charge is -2.17. The first-order valence-electron chi connectivity index (χ1n) is 4.13. The summed E-state index contributed by atoms with van der Waals surface area (Å²) < 4.78 is 12.9. The maximum absolute atomic E-state index is 12.9. The van der Waals surface area contributed by atoms with Crippen molar-refractivity contribution in [1.82, 2.24) is 5.32 Å². The van der Waals surface area contributed by atoms with E-state index in [4.69, 9.17) is 0 Å². The zero-order valence-corrected chi connectivity index (χ0v) is 7.05. The van der Waals surface area contributed by atoms with Crippen molar-refractivity contribution < 1.29 is 9.50 Å². The van der Waals surface area contributed by atoms with Gasteiger partial charge in [-0.1, -0.05) is 6.92 Å². The second-order valence-corrected chi connectivity index (χ2v) is 3.44. The Morgan fingerprint density at radius 2 is 2.27 bits per heavy atom. The largest absolute Gasteiger partial charge is 0.390 e. The van der Waals surface area contributed by atoms with E-state index in [0.717, 1.165) is 0 Å². The van der Waals surface area contributed by atoms with E-state index in [1.54, 1.807) is 0 Å². The Morgan fingerprint density at radius 3 is 2.64 bits per heavy atom. The van der Waals surface area contributed by atoms with Crippen LogP contribution >= 0.6 is 0 Å². The molecule has 0 aliphatic heterocycles. The van der Waals surface area contributed by atoms with Crippen LogP contribution in [0.25, 0.3) is 0 Å². The highest BCUT2D eigenvalue weighted by atomic mass is 19.1. The summed E-state index contributed by atoms with van der Waals surface area (Å²) in [5.74, 6) is 0.391. The minimum atomic E-state index is -1.01. The molecule has 0 saturated heterocycles. The molecule has 0 aromatic carbocycles. The van der Waals surface area contributed by atoms with E-state index in [9.17, 15) is 9.50 Å². The number of rotatable bonds is 2. The second-order valence-electron chi connectivity index (χ2n) is 3.44. The highest BCUT2D eigenvalue weighted by molar-refractivity contribution is 4.89. The molecule has 11 heavy (non-hydrogen) atoms. The predicted molar refractivity (Wildman–Crippen MR) is 42.1 cm³/mol. The number of alkyl halides is 1. The van der Waals surface area contributed by atoms with E-state index < -0.39 is 12.3 Å². The SMILES string of the molecule is CNCC1C(C)C[C@@H](F)[C@H]1O. The molecule has 0 heterocycles. The van der Waals surface area contributed by atoms with Crippen molar-refractivity contribution in [3.8, 4) is 0 Å². The van der Waals surface area contributed by atoms with Gasteiger partial charge >= 0.3 is 0 Å². The van der Waals surface area contributed by atoms with E-state index in [1.807, 2.05) is 14.0 Å². The molecule has 0 radical (unpaired) electrons. The van der Waals surface area contributed by atoms with Crippen molar-refractivity contribution in [2.24, 2.45) is 11.8 Å². The zero-order valence-electron chi connectivity index (χ0n) is 7.05. The summed E-state index contributed by atoms with van der Waals surface area (Å²) in [5, 5.41) is 12.3. The van der Waals surface area contributed by atoms with Crippen LogP contribution in [0.5, 0.6) is 0 Å². The first kappa shape index (κ1) is 8.94. The van der Waals surface area contributed by atoms with Gasteiger partial charge in [-0.15, -0.1) is 0 Å². The van der Waals surface area contributed by atoms with Crippen molar-refractivity contribution in [3.05, 3.63) is 0 Å². The fourth-order valence-electron chi connectivity index (χ4n) is 1.83. The fourth-order valence-corrected chi connectivity index (χ4v) is 1.83. The number of hydrogen-bond acceptors (Lipinski definition) is 2. The van der Waals surface area contributed by atoms with E-state index >= 15 is 0 Å². The Balaban J connectivity index is 2.49. The monoisotopic (exact) mass is 161 g/mol. The summed E-state index contributed by atoms with van der Waals surface area (Å²) in [4.78, 5) is 0. The zero-order chi connectivity index (χ0) is 8.43. The third kappa shape index (κ3) is 1.71. The van der Waals surface area contributed by atoms with E-state index in [1.165, 1.54) is 0 Å². The average molecular weight is 161 g/mol. The molecule has 2 N–H and O–H groups in total. The third-order valence-corrected chi connectivity index (χ3v) is 2.58. The highest BCUT2D eigenvalue weighted by Gasteiger charge is 2.39. The van der Waals surface area contributed by atoms with Gasteiger partial charge in [-0.3, -0.25) is 0 Å². The first-order valence-corrected chi connectivity index (χ1v) is 4.13. The Hall–Kier alpha value is -0.150. The van der Waals surface area contributed by atoms with Crippen LogP contribution in [-0.2, 0) is 0 Å². The normalized spacial score (nSPS) is 44.7. The van der Waals surface area contributed by atoms with Crippen LogP contribution in [0.15, 0.2) is 0 Å². The number of nitrogens with one attached hydrogen (secondary N) is 1. The molecule has 1 saturated carbocycles. The topological polar surface area (TPSA) is 32.3 Å². The van der Waals surface area contributed by atoms with Crippen LogP contribution in [0.4, 0.5) is 4.39 Å². The Kier molecular flexibility index (Phi) is 2.84.